The lowest BCUT2D eigenvalue weighted by atomic mass is 10.1. The second-order valence-electron chi connectivity index (χ2n) is 6.54. The molecule has 0 spiro atoms. The minimum absolute atomic E-state index is 0. The number of hydrogen-bond donors (Lipinski definition) is 5. The number of rotatable bonds is 2. The van der Waals surface area contributed by atoms with Crippen molar-refractivity contribution in [2.75, 3.05) is 36.8 Å². The normalized spacial score (nSPS) is 14.9. The first-order valence-electron chi connectivity index (χ1n) is 8.97. The molecule has 0 saturated heterocycles. The van der Waals surface area contributed by atoms with Crippen molar-refractivity contribution in [2.45, 2.75) is 0 Å². The van der Waals surface area contributed by atoms with Crippen LogP contribution in [-0.2, 0) is 0 Å². The van der Waals surface area contributed by atoms with E-state index in [1.807, 2.05) is 36.4 Å². The van der Waals surface area contributed by atoms with E-state index < -0.39 is 0 Å². The maximum atomic E-state index is 13.1. The van der Waals surface area contributed by atoms with Crippen LogP contribution in [0.4, 0.5) is 11.4 Å². The number of aromatic nitrogens is 1. The second kappa shape index (κ2) is 8.59. The molecule has 0 bridgehead atoms. The highest BCUT2D eigenvalue weighted by molar-refractivity contribution is 6.00. The van der Waals surface area contributed by atoms with E-state index in [2.05, 4.69) is 36.2 Å². The number of hydrogen-bond acceptors (Lipinski definition) is 7. The molecule has 0 amide bonds. The Morgan fingerprint density at radius 3 is 1.66 bits per heavy atom. The Balaban J connectivity index is 0.00000120. The van der Waals surface area contributed by atoms with Gasteiger partial charge in [-0.25, -0.2) is 0 Å². The summed E-state index contributed by atoms with van der Waals surface area (Å²) >= 11 is 0. The third-order valence-corrected chi connectivity index (χ3v) is 4.67. The third-order valence-electron chi connectivity index (χ3n) is 4.67. The number of nitrogens with one attached hydrogen (secondary N) is 5. The van der Waals surface area contributed by atoms with Crippen LogP contribution in [0.25, 0.3) is 21.8 Å². The molecule has 2 aliphatic rings. The molecule has 8 nitrogen and oxygen atoms in total. The molecule has 3 aromatic rings. The van der Waals surface area contributed by atoms with E-state index in [9.17, 15) is 4.79 Å². The number of aliphatic imine (C=N–C) groups is 2. The molecule has 5 N–H and O–H groups in total. The Labute approximate surface area is 179 Å². The number of halogens is 2. The first kappa shape index (κ1) is 20.8. The fraction of sp³-hybridized carbons (Fsp3) is 0.211. The molecule has 0 atom stereocenters. The van der Waals surface area contributed by atoms with E-state index in [1.54, 1.807) is 0 Å². The molecule has 2 aliphatic heterocycles. The SMILES string of the molecule is Cl.Cl.O=c1c2cc(NC3=NCCN3)ccc2[nH]c2ccc(NC3=NCCN3)cc12. The Hall–Kier alpha value is -2.97. The number of nitrogens with zero attached hydrogens (tertiary/aromatic N) is 2. The van der Waals surface area contributed by atoms with Crippen molar-refractivity contribution in [3.63, 3.8) is 0 Å². The van der Waals surface area contributed by atoms with Crippen LogP contribution in [0.5, 0.6) is 0 Å². The summed E-state index contributed by atoms with van der Waals surface area (Å²) in [6.45, 7) is 3.18. The van der Waals surface area contributed by atoms with Crippen LogP contribution in [0.3, 0.4) is 0 Å². The van der Waals surface area contributed by atoms with Crippen LogP contribution in [0.1, 0.15) is 0 Å². The standard InChI is InChI=1S/C19H19N7O.2ClH/c27-17-13-9-11(24-18-20-5-6-21-18)1-3-15(13)26-16-4-2-12(10-14(16)17)25-19-22-7-8-23-19;;/h1-4,9-10H,5-8H2,(H,26,27)(H2,20,21,24)(H2,22,23,25);2*1H. The van der Waals surface area contributed by atoms with Crippen LogP contribution in [-0.4, -0.2) is 43.1 Å². The van der Waals surface area contributed by atoms with Crippen LogP contribution in [0, 0.1) is 0 Å². The van der Waals surface area contributed by atoms with Crippen molar-refractivity contribution >= 4 is 69.9 Å². The number of pyridine rings is 1. The molecule has 2 aromatic carbocycles. The molecule has 152 valence electrons. The van der Waals surface area contributed by atoms with Gasteiger partial charge in [0, 0.05) is 46.3 Å². The number of benzene rings is 2. The number of aromatic amines is 1. The molecule has 0 aliphatic carbocycles. The minimum atomic E-state index is -0.00584. The second-order valence-corrected chi connectivity index (χ2v) is 6.54. The predicted molar refractivity (Wildman–Crippen MR) is 124 cm³/mol. The van der Waals surface area contributed by atoms with Gasteiger partial charge in [-0.3, -0.25) is 14.8 Å². The zero-order valence-electron chi connectivity index (χ0n) is 15.4. The van der Waals surface area contributed by atoms with Gasteiger partial charge < -0.3 is 26.3 Å². The van der Waals surface area contributed by atoms with Crippen molar-refractivity contribution in [3.8, 4) is 0 Å². The molecule has 3 heterocycles. The van der Waals surface area contributed by atoms with E-state index in [4.69, 9.17) is 0 Å². The average molecular weight is 434 g/mol. The highest BCUT2D eigenvalue weighted by atomic mass is 35.5. The number of anilines is 2. The lowest BCUT2D eigenvalue weighted by Crippen LogP contribution is -2.26. The van der Waals surface area contributed by atoms with Gasteiger partial charge in [0.15, 0.2) is 17.3 Å². The smallest absolute Gasteiger partial charge is 0.197 e. The maximum absolute atomic E-state index is 13.1. The summed E-state index contributed by atoms with van der Waals surface area (Å²) in [5, 5.41) is 14.0. The van der Waals surface area contributed by atoms with E-state index in [0.717, 1.165) is 60.5 Å². The lowest BCUT2D eigenvalue weighted by molar-refractivity contribution is 0.959. The minimum Gasteiger partial charge on any atom is -0.354 e. The first-order chi connectivity index (χ1) is 13.3. The Kier molecular flexibility index (Phi) is 6.14. The summed E-state index contributed by atoms with van der Waals surface area (Å²) < 4.78 is 0. The summed E-state index contributed by atoms with van der Waals surface area (Å²) in [4.78, 5) is 25.1. The van der Waals surface area contributed by atoms with Crippen molar-refractivity contribution in [1.82, 2.24) is 15.6 Å². The van der Waals surface area contributed by atoms with Gasteiger partial charge in [0.05, 0.1) is 13.1 Å². The third kappa shape index (κ3) is 4.08. The molecule has 0 radical (unpaired) electrons. The zero-order chi connectivity index (χ0) is 18.2. The van der Waals surface area contributed by atoms with Gasteiger partial charge in [-0.2, -0.15) is 0 Å². The van der Waals surface area contributed by atoms with Crippen molar-refractivity contribution in [2.24, 2.45) is 9.98 Å². The van der Waals surface area contributed by atoms with E-state index >= 15 is 0 Å². The lowest BCUT2D eigenvalue weighted by Gasteiger charge is -2.10. The summed E-state index contributed by atoms with van der Waals surface area (Å²) in [7, 11) is 0. The van der Waals surface area contributed by atoms with Gasteiger partial charge in [-0.15, -0.1) is 24.8 Å². The quantitative estimate of drug-likeness (QED) is 0.398. The van der Waals surface area contributed by atoms with Crippen LogP contribution in [0.15, 0.2) is 51.2 Å². The molecule has 0 unspecified atom stereocenters. The topological polar surface area (TPSA) is 106 Å². The summed E-state index contributed by atoms with van der Waals surface area (Å²) in [5.74, 6) is 1.48. The van der Waals surface area contributed by atoms with Crippen molar-refractivity contribution < 1.29 is 0 Å². The van der Waals surface area contributed by atoms with Crippen LogP contribution < -0.4 is 26.7 Å². The van der Waals surface area contributed by atoms with Gasteiger partial charge in [-0.1, -0.05) is 0 Å². The Bertz CT molecular complexity index is 1090. The fourth-order valence-corrected chi connectivity index (χ4v) is 3.36. The monoisotopic (exact) mass is 433 g/mol. The molecule has 10 heteroatoms. The molecule has 5 rings (SSSR count). The summed E-state index contributed by atoms with van der Waals surface area (Å²) in [6.07, 6.45) is 0. The molecule has 1 aromatic heterocycles. The van der Waals surface area contributed by atoms with Gasteiger partial charge in [0.25, 0.3) is 0 Å². The molecule has 29 heavy (non-hydrogen) atoms. The summed E-state index contributed by atoms with van der Waals surface area (Å²) in [5.41, 5.74) is 3.27. The zero-order valence-corrected chi connectivity index (χ0v) is 17.0. The average Bonchev–Trinajstić information content (AvgIpc) is 3.37. The van der Waals surface area contributed by atoms with Crippen LogP contribution in [0.2, 0.25) is 0 Å². The Morgan fingerprint density at radius 2 is 1.24 bits per heavy atom. The highest BCUT2D eigenvalue weighted by Crippen LogP contribution is 2.21. The first-order valence-corrected chi connectivity index (χ1v) is 8.97. The highest BCUT2D eigenvalue weighted by Gasteiger charge is 2.11. The van der Waals surface area contributed by atoms with Gasteiger partial charge >= 0.3 is 0 Å². The Morgan fingerprint density at radius 1 is 0.759 bits per heavy atom. The largest absolute Gasteiger partial charge is 0.354 e. The maximum Gasteiger partial charge on any atom is 0.197 e. The summed E-state index contributed by atoms with van der Waals surface area (Å²) in [6, 6.07) is 11.4. The molecular weight excluding hydrogens is 413 g/mol. The molecular formula is C19H21Cl2N7O. The van der Waals surface area contributed by atoms with E-state index in [1.165, 1.54) is 0 Å². The predicted octanol–water partition coefficient (Wildman–Crippen LogP) is 2.27. The van der Waals surface area contributed by atoms with Gasteiger partial charge in [-0.05, 0) is 36.4 Å². The fourth-order valence-electron chi connectivity index (χ4n) is 3.36. The number of H-pyrrole nitrogens is 1. The van der Waals surface area contributed by atoms with Crippen molar-refractivity contribution in [1.29, 1.82) is 0 Å². The van der Waals surface area contributed by atoms with E-state index in [0.29, 0.717) is 10.8 Å². The van der Waals surface area contributed by atoms with Gasteiger partial charge in [0.2, 0.25) is 0 Å². The van der Waals surface area contributed by atoms with Crippen LogP contribution >= 0.6 is 24.8 Å². The number of guanidine groups is 2. The van der Waals surface area contributed by atoms with E-state index in [-0.39, 0.29) is 30.2 Å². The molecule has 0 saturated carbocycles. The number of fused-ring (bicyclic) bond motifs is 2. The van der Waals surface area contributed by atoms with Crippen molar-refractivity contribution in [3.05, 3.63) is 46.6 Å². The van der Waals surface area contributed by atoms with Gasteiger partial charge in [0.1, 0.15) is 0 Å². The molecule has 0 fully saturated rings.